The highest BCUT2D eigenvalue weighted by molar-refractivity contribution is 5.15. The maximum atomic E-state index is 5.88. The maximum absolute atomic E-state index is 5.88. The average Bonchev–Trinajstić information content (AvgIpc) is 2.40. The molecule has 0 saturated carbocycles. The van der Waals surface area contributed by atoms with Gasteiger partial charge in [-0.2, -0.15) is 0 Å². The van der Waals surface area contributed by atoms with Crippen LogP contribution in [0.4, 0.5) is 0 Å². The third-order valence-electron chi connectivity index (χ3n) is 3.17. The van der Waals surface area contributed by atoms with E-state index in [-0.39, 0.29) is 6.23 Å². The second-order valence-corrected chi connectivity index (χ2v) is 4.39. The van der Waals surface area contributed by atoms with E-state index in [9.17, 15) is 0 Å². The maximum Gasteiger partial charge on any atom is 0.114 e. The van der Waals surface area contributed by atoms with Crippen molar-refractivity contribution in [3.63, 3.8) is 0 Å². The number of piperazine rings is 1. The Morgan fingerprint density at radius 3 is 2.59 bits per heavy atom. The van der Waals surface area contributed by atoms with Crippen LogP contribution < -0.4 is 5.32 Å². The van der Waals surface area contributed by atoms with E-state index in [1.807, 2.05) is 0 Å². The Morgan fingerprint density at radius 2 is 1.94 bits per heavy atom. The Kier molecular flexibility index (Phi) is 4.98. The highest BCUT2D eigenvalue weighted by atomic mass is 16.5. The lowest BCUT2D eigenvalue weighted by Crippen LogP contribution is -2.50. The molecule has 1 aliphatic rings. The van der Waals surface area contributed by atoms with Gasteiger partial charge in [-0.25, -0.2) is 0 Å². The van der Waals surface area contributed by atoms with Crippen molar-refractivity contribution in [1.29, 1.82) is 0 Å². The van der Waals surface area contributed by atoms with Crippen LogP contribution in [0.15, 0.2) is 30.3 Å². The zero-order chi connectivity index (χ0) is 11.9. The molecule has 0 radical (unpaired) electrons. The Labute approximate surface area is 104 Å². The van der Waals surface area contributed by atoms with Crippen LogP contribution in [0.3, 0.4) is 0 Å². The van der Waals surface area contributed by atoms with E-state index >= 15 is 0 Å². The molecule has 0 spiro atoms. The molecule has 2 rings (SSSR count). The number of nitrogens with one attached hydrogen (secondary N) is 1. The molecule has 1 aromatic carbocycles. The van der Waals surface area contributed by atoms with Crippen LogP contribution in [-0.2, 0) is 11.2 Å². The molecule has 1 aliphatic heterocycles. The van der Waals surface area contributed by atoms with Gasteiger partial charge in [-0.15, -0.1) is 0 Å². The van der Waals surface area contributed by atoms with Gasteiger partial charge >= 0.3 is 0 Å². The van der Waals surface area contributed by atoms with Crippen LogP contribution >= 0.6 is 0 Å². The largest absolute Gasteiger partial charge is 0.363 e. The zero-order valence-electron chi connectivity index (χ0n) is 10.6. The Bertz CT molecular complexity index is 309. The van der Waals surface area contributed by atoms with Crippen LogP contribution in [-0.4, -0.2) is 43.9 Å². The summed E-state index contributed by atoms with van der Waals surface area (Å²) < 4.78 is 5.88. The highest BCUT2D eigenvalue weighted by Gasteiger charge is 2.20. The first-order valence-electron chi connectivity index (χ1n) is 6.50. The lowest BCUT2D eigenvalue weighted by atomic mass is 10.1. The molecule has 1 aromatic rings. The van der Waals surface area contributed by atoms with Crippen LogP contribution in [0.25, 0.3) is 0 Å². The smallest absolute Gasteiger partial charge is 0.114 e. The zero-order valence-corrected chi connectivity index (χ0v) is 10.6. The van der Waals surface area contributed by atoms with Gasteiger partial charge in [0.25, 0.3) is 0 Å². The van der Waals surface area contributed by atoms with Gasteiger partial charge in [0.05, 0.1) is 0 Å². The third kappa shape index (κ3) is 3.80. The van der Waals surface area contributed by atoms with E-state index in [4.69, 9.17) is 4.74 Å². The van der Waals surface area contributed by atoms with Crippen LogP contribution in [0.1, 0.15) is 12.5 Å². The van der Waals surface area contributed by atoms with Crippen molar-refractivity contribution < 1.29 is 4.74 Å². The van der Waals surface area contributed by atoms with Gasteiger partial charge in [0.15, 0.2) is 0 Å². The first-order valence-corrected chi connectivity index (χ1v) is 6.50. The molecule has 1 saturated heterocycles. The Morgan fingerprint density at radius 1 is 1.24 bits per heavy atom. The molecule has 1 atom stereocenters. The Balaban J connectivity index is 1.96. The van der Waals surface area contributed by atoms with Crippen molar-refractivity contribution in [3.8, 4) is 0 Å². The molecule has 3 heteroatoms. The van der Waals surface area contributed by atoms with Gasteiger partial charge in [-0.05, 0) is 12.5 Å². The standard InChI is InChI=1S/C14H22N2O/c1-2-17-14(16-10-8-15-9-11-16)12-13-6-4-3-5-7-13/h3-7,14-15H,2,8-12H2,1H3/t14-/m0/s1. The van der Waals surface area contributed by atoms with Crippen molar-refractivity contribution in [1.82, 2.24) is 10.2 Å². The molecule has 0 amide bonds. The minimum atomic E-state index is 0.226. The summed E-state index contributed by atoms with van der Waals surface area (Å²) in [7, 11) is 0. The summed E-state index contributed by atoms with van der Waals surface area (Å²) in [6.45, 7) is 7.15. The molecule has 0 bridgehead atoms. The Hall–Kier alpha value is -0.900. The monoisotopic (exact) mass is 234 g/mol. The van der Waals surface area contributed by atoms with Gasteiger partial charge in [0.2, 0.25) is 0 Å². The molecule has 17 heavy (non-hydrogen) atoms. The van der Waals surface area contributed by atoms with Crippen molar-refractivity contribution in [2.75, 3.05) is 32.8 Å². The number of rotatable bonds is 5. The summed E-state index contributed by atoms with van der Waals surface area (Å²) in [5.74, 6) is 0. The number of hydrogen-bond acceptors (Lipinski definition) is 3. The SMILES string of the molecule is CCO[C@@H](Cc1ccccc1)N1CCNCC1. The molecular formula is C14H22N2O. The number of ether oxygens (including phenoxy) is 1. The predicted octanol–water partition coefficient (Wildman–Crippen LogP) is 1.50. The fourth-order valence-corrected chi connectivity index (χ4v) is 2.27. The van der Waals surface area contributed by atoms with Crippen molar-refractivity contribution in [2.45, 2.75) is 19.6 Å². The molecule has 1 fully saturated rings. The van der Waals surface area contributed by atoms with Crippen LogP contribution in [0.5, 0.6) is 0 Å². The normalized spacial score (nSPS) is 19.1. The summed E-state index contributed by atoms with van der Waals surface area (Å²) in [5.41, 5.74) is 1.35. The van der Waals surface area contributed by atoms with E-state index in [1.165, 1.54) is 5.56 Å². The molecule has 0 unspecified atom stereocenters. The van der Waals surface area contributed by atoms with E-state index < -0.39 is 0 Å². The third-order valence-corrected chi connectivity index (χ3v) is 3.17. The van der Waals surface area contributed by atoms with Gasteiger partial charge in [0.1, 0.15) is 6.23 Å². The molecule has 1 heterocycles. The van der Waals surface area contributed by atoms with Crippen LogP contribution in [0, 0.1) is 0 Å². The fraction of sp³-hybridized carbons (Fsp3) is 0.571. The van der Waals surface area contributed by atoms with Gasteiger partial charge in [-0.1, -0.05) is 30.3 Å². The summed E-state index contributed by atoms with van der Waals surface area (Å²) in [5, 5.41) is 3.38. The highest BCUT2D eigenvalue weighted by Crippen LogP contribution is 2.11. The number of hydrogen-bond donors (Lipinski definition) is 1. The fourth-order valence-electron chi connectivity index (χ4n) is 2.27. The quantitative estimate of drug-likeness (QED) is 0.835. The minimum Gasteiger partial charge on any atom is -0.363 e. The summed E-state index contributed by atoms with van der Waals surface area (Å²) in [4.78, 5) is 2.44. The number of nitrogens with zero attached hydrogens (tertiary/aromatic N) is 1. The summed E-state index contributed by atoms with van der Waals surface area (Å²) in [6.07, 6.45) is 1.21. The first-order chi connectivity index (χ1) is 8.40. The van der Waals surface area contributed by atoms with Crippen molar-refractivity contribution >= 4 is 0 Å². The molecule has 1 N–H and O–H groups in total. The topological polar surface area (TPSA) is 24.5 Å². The number of benzene rings is 1. The second kappa shape index (κ2) is 6.74. The van der Waals surface area contributed by atoms with Gasteiger partial charge < -0.3 is 10.1 Å². The summed E-state index contributed by atoms with van der Waals surface area (Å²) >= 11 is 0. The molecule has 3 nitrogen and oxygen atoms in total. The molecule has 0 aliphatic carbocycles. The van der Waals surface area contributed by atoms with Crippen molar-refractivity contribution in [3.05, 3.63) is 35.9 Å². The average molecular weight is 234 g/mol. The van der Waals surface area contributed by atoms with E-state index in [0.29, 0.717) is 0 Å². The van der Waals surface area contributed by atoms with E-state index in [0.717, 1.165) is 39.2 Å². The molecular weight excluding hydrogens is 212 g/mol. The van der Waals surface area contributed by atoms with Gasteiger partial charge in [0, 0.05) is 39.2 Å². The summed E-state index contributed by atoms with van der Waals surface area (Å²) in [6, 6.07) is 10.6. The predicted molar refractivity (Wildman–Crippen MR) is 70.0 cm³/mol. The molecule has 94 valence electrons. The second-order valence-electron chi connectivity index (χ2n) is 4.39. The van der Waals surface area contributed by atoms with E-state index in [1.54, 1.807) is 0 Å². The minimum absolute atomic E-state index is 0.226. The lowest BCUT2D eigenvalue weighted by molar-refractivity contribution is -0.0584. The van der Waals surface area contributed by atoms with Gasteiger partial charge in [-0.3, -0.25) is 4.90 Å². The van der Waals surface area contributed by atoms with Crippen LogP contribution in [0.2, 0.25) is 0 Å². The molecule has 0 aromatic heterocycles. The van der Waals surface area contributed by atoms with E-state index in [2.05, 4.69) is 47.5 Å². The van der Waals surface area contributed by atoms with Crippen molar-refractivity contribution in [2.24, 2.45) is 0 Å². The lowest BCUT2D eigenvalue weighted by Gasteiger charge is -2.34. The first kappa shape index (κ1) is 12.6.